The molecule has 3 atom stereocenters. The Hall–Kier alpha value is -3.73. The highest BCUT2D eigenvalue weighted by Gasteiger charge is 2.55. The number of aryl methyl sites for hydroxylation is 1. The zero-order chi connectivity index (χ0) is 31.4. The number of carbonyl (C=O) groups is 3. The van der Waals surface area contributed by atoms with E-state index in [0.717, 1.165) is 11.1 Å². The molecule has 1 aromatic rings. The van der Waals surface area contributed by atoms with Crippen LogP contribution in [-0.4, -0.2) is 84.9 Å². The molecule has 0 bridgehead atoms. The molecule has 0 radical (unpaired) electrons. The molecule has 0 spiro atoms. The lowest BCUT2D eigenvalue weighted by Crippen LogP contribution is -2.59. The van der Waals surface area contributed by atoms with Crippen molar-refractivity contribution in [3.63, 3.8) is 0 Å². The van der Waals surface area contributed by atoms with Crippen LogP contribution in [0, 0.1) is 6.92 Å². The molecule has 2 amide bonds. The number of fused-ring (bicyclic) bond motifs is 1. The molecule has 1 fully saturated rings. The van der Waals surface area contributed by atoms with E-state index in [-0.39, 0.29) is 26.4 Å². The van der Waals surface area contributed by atoms with Crippen molar-refractivity contribution in [2.45, 2.75) is 84.3 Å². The van der Waals surface area contributed by atoms with Crippen LogP contribution in [0.25, 0.3) is 0 Å². The average Bonchev–Trinajstić information content (AvgIpc) is 3.21. The van der Waals surface area contributed by atoms with Gasteiger partial charge in [-0.1, -0.05) is 31.4 Å². The van der Waals surface area contributed by atoms with Gasteiger partial charge in [-0.05, 0) is 59.1 Å². The fourth-order valence-corrected chi connectivity index (χ4v) is 5.53. The summed E-state index contributed by atoms with van der Waals surface area (Å²) in [6.45, 7) is 19.6. The van der Waals surface area contributed by atoms with Crippen molar-refractivity contribution in [3.05, 3.63) is 48.1 Å². The number of hydrogen-bond donors (Lipinski definition) is 0. The van der Waals surface area contributed by atoms with Gasteiger partial charge in [-0.3, -0.25) is 14.6 Å². The molecule has 2 aliphatic rings. The van der Waals surface area contributed by atoms with Crippen LogP contribution in [0.15, 0.2) is 31.4 Å². The van der Waals surface area contributed by atoms with E-state index in [9.17, 15) is 14.4 Å². The lowest BCUT2D eigenvalue weighted by molar-refractivity contribution is -0.143. The molecule has 2 aliphatic heterocycles. The molecule has 232 valence electrons. The van der Waals surface area contributed by atoms with Crippen LogP contribution in [0.4, 0.5) is 9.59 Å². The second-order valence-corrected chi connectivity index (χ2v) is 11.8. The first-order chi connectivity index (χ1) is 19.7. The predicted molar refractivity (Wildman–Crippen MR) is 156 cm³/mol. The van der Waals surface area contributed by atoms with Crippen LogP contribution in [-0.2, 0) is 30.2 Å². The summed E-state index contributed by atoms with van der Waals surface area (Å²) >= 11 is 0. The van der Waals surface area contributed by atoms with Gasteiger partial charge in [0, 0.05) is 12.5 Å². The number of amides is 2. The van der Waals surface area contributed by atoms with Gasteiger partial charge in [0.15, 0.2) is 11.5 Å². The van der Waals surface area contributed by atoms with E-state index in [1.807, 2.05) is 13.0 Å². The van der Waals surface area contributed by atoms with Crippen LogP contribution in [0.2, 0.25) is 0 Å². The van der Waals surface area contributed by atoms with E-state index in [2.05, 4.69) is 13.2 Å². The topological polar surface area (TPSA) is 113 Å². The largest absolute Gasteiger partial charge is 0.493 e. The number of rotatable bonds is 9. The van der Waals surface area contributed by atoms with Crippen molar-refractivity contribution in [1.82, 2.24) is 9.80 Å². The van der Waals surface area contributed by atoms with E-state index in [1.54, 1.807) is 47.8 Å². The molecular weight excluding hydrogens is 544 g/mol. The van der Waals surface area contributed by atoms with Crippen molar-refractivity contribution < 1.29 is 42.8 Å². The highest BCUT2D eigenvalue weighted by atomic mass is 16.6. The van der Waals surface area contributed by atoms with E-state index < -0.39 is 47.6 Å². The Kier molecular flexibility index (Phi) is 10.2. The smallest absolute Gasteiger partial charge is 0.412 e. The number of ether oxygens (including phenoxy) is 6. The lowest BCUT2D eigenvalue weighted by Gasteiger charge is -2.47. The van der Waals surface area contributed by atoms with E-state index in [1.165, 1.54) is 22.8 Å². The number of methoxy groups -OCH3 is 1. The van der Waals surface area contributed by atoms with Crippen LogP contribution < -0.4 is 9.47 Å². The summed E-state index contributed by atoms with van der Waals surface area (Å²) in [5.41, 5.74) is 0.424. The Bertz CT molecular complexity index is 1200. The number of carbonyl (C=O) groups excluding carboxylic acids is 3. The molecule has 3 rings (SSSR count). The van der Waals surface area contributed by atoms with Crippen molar-refractivity contribution in [2.75, 3.05) is 33.5 Å². The maximum Gasteiger partial charge on any atom is 0.412 e. The Labute approximate surface area is 248 Å². The quantitative estimate of drug-likeness (QED) is 0.221. The summed E-state index contributed by atoms with van der Waals surface area (Å²) in [5.74, 6) is 0.414. The maximum absolute atomic E-state index is 13.9. The van der Waals surface area contributed by atoms with E-state index in [4.69, 9.17) is 28.4 Å². The fraction of sp³-hybridized carbons (Fsp3) is 0.581. The van der Waals surface area contributed by atoms with Gasteiger partial charge in [0.25, 0.3) is 0 Å². The summed E-state index contributed by atoms with van der Waals surface area (Å²) in [7, 11) is 1.54. The van der Waals surface area contributed by atoms with Gasteiger partial charge in [0.2, 0.25) is 0 Å². The molecule has 0 aromatic heterocycles. The molecule has 1 aromatic carbocycles. The Morgan fingerprint density at radius 1 is 1.10 bits per heavy atom. The molecule has 0 aliphatic carbocycles. The van der Waals surface area contributed by atoms with Gasteiger partial charge < -0.3 is 28.4 Å². The van der Waals surface area contributed by atoms with Crippen LogP contribution >= 0.6 is 0 Å². The zero-order valence-corrected chi connectivity index (χ0v) is 26.0. The molecule has 0 saturated carbocycles. The average molecular weight is 589 g/mol. The van der Waals surface area contributed by atoms with Gasteiger partial charge in [0.1, 0.15) is 31.1 Å². The lowest BCUT2D eigenvalue weighted by atomic mass is 9.82. The van der Waals surface area contributed by atoms with Crippen molar-refractivity contribution in [3.8, 4) is 11.5 Å². The first kappa shape index (κ1) is 32.8. The van der Waals surface area contributed by atoms with Gasteiger partial charge >= 0.3 is 18.2 Å². The summed E-state index contributed by atoms with van der Waals surface area (Å²) < 4.78 is 35.0. The fourth-order valence-electron chi connectivity index (χ4n) is 5.53. The second kappa shape index (κ2) is 13.1. The standard InChI is InChI=1S/C31H44N2O9/c1-11-13-38-27-24-21(15-19(3)26(27)37-10)16-22(17-40-20(4)34)32(28(35)39-14-12-2)25(24)23-18-41-31(8,9)33(23)29(36)42-30(5,6)7/h11-12,15,22-23,25H,1-2,13-14,16-18H2,3-10H3. The van der Waals surface area contributed by atoms with E-state index >= 15 is 0 Å². The van der Waals surface area contributed by atoms with Crippen LogP contribution in [0.5, 0.6) is 11.5 Å². The highest BCUT2D eigenvalue weighted by Crippen LogP contribution is 2.50. The highest BCUT2D eigenvalue weighted by molar-refractivity contribution is 5.74. The first-order valence-electron chi connectivity index (χ1n) is 14.0. The van der Waals surface area contributed by atoms with Gasteiger partial charge in [-0.15, -0.1) is 0 Å². The third-order valence-electron chi connectivity index (χ3n) is 7.03. The van der Waals surface area contributed by atoms with Crippen LogP contribution in [0.1, 0.15) is 64.3 Å². The minimum atomic E-state index is -1.08. The number of hydrogen-bond acceptors (Lipinski definition) is 9. The minimum absolute atomic E-state index is 0.0469. The maximum atomic E-state index is 13.9. The van der Waals surface area contributed by atoms with Crippen molar-refractivity contribution >= 4 is 18.2 Å². The minimum Gasteiger partial charge on any atom is -0.493 e. The van der Waals surface area contributed by atoms with Gasteiger partial charge in [-0.25, -0.2) is 9.59 Å². The molecule has 11 nitrogen and oxygen atoms in total. The van der Waals surface area contributed by atoms with Crippen molar-refractivity contribution in [2.24, 2.45) is 0 Å². The zero-order valence-electron chi connectivity index (χ0n) is 26.0. The second-order valence-electron chi connectivity index (χ2n) is 11.8. The van der Waals surface area contributed by atoms with Crippen LogP contribution in [0.3, 0.4) is 0 Å². The summed E-state index contributed by atoms with van der Waals surface area (Å²) in [4.78, 5) is 42.5. The SMILES string of the molecule is C=CCOC(=O)N1C(COC(C)=O)Cc2cc(C)c(OC)c(OCC=C)c2C1C1COC(C)(C)N1C(=O)OC(C)(C)C. The summed E-state index contributed by atoms with van der Waals surface area (Å²) in [6.07, 6.45) is 2.11. The van der Waals surface area contributed by atoms with E-state index in [0.29, 0.717) is 23.5 Å². The summed E-state index contributed by atoms with van der Waals surface area (Å²) in [6, 6.07) is -0.278. The molecule has 1 saturated heterocycles. The Morgan fingerprint density at radius 2 is 1.76 bits per heavy atom. The number of benzene rings is 1. The number of nitrogens with zero attached hydrogens (tertiary/aromatic N) is 2. The molecular formula is C31H44N2O9. The van der Waals surface area contributed by atoms with Crippen molar-refractivity contribution in [1.29, 1.82) is 0 Å². The number of esters is 1. The monoisotopic (exact) mass is 588 g/mol. The van der Waals surface area contributed by atoms with Gasteiger partial charge in [-0.2, -0.15) is 0 Å². The summed E-state index contributed by atoms with van der Waals surface area (Å²) in [5, 5.41) is 0. The van der Waals surface area contributed by atoms with Gasteiger partial charge in [0.05, 0.1) is 31.8 Å². The predicted octanol–water partition coefficient (Wildman–Crippen LogP) is 5.09. The molecule has 11 heteroatoms. The molecule has 0 N–H and O–H groups in total. The third kappa shape index (κ3) is 7.00. The first-order valence-corrected chi connectivity index (χ1v) is 14.0. The molecule has 2 heterocycles. The molecule has 42 heavy (non-hydrogen) atoms. The third-order valence-corrected chi connectivity index (χ3v) is 7.03. The Balaban J connectivity index is 2.34. The normalized spacial score (nSPS) is 21.2. The molecule has 3 unspecified atom stereocenters. The Morgan fingerprint density at radius 3 is 2.33 bits per heavy atom.